The fraction of sp³-hybridized carbons (Fsp3) is 0.182. The normalized spacial score (nSPS) is 10.3. The van der Waals surface area contributed by atoms with Crippen molar-refractivity contribution in [3.8, 4) is 5.75 Å². The lowest BCUT2D eigenvalue weighted by Gasteiger charge is -2.20. The van der Waals surface area contributed by atoms with Gasteiger partial charge in [-0.2, -0.15) is 0 Å². The zero-order valence-electron chi connectivity index (χ0n) is 15.6. The third-order valence-electron chi connectivity index (χ3n) is 4.13. The highest BCUT2D eigenvalue weighted by molar-refractivity contribution is 5.90. The maximum Gasteiger partial charge on any atom is 0.321 e. The molecule has 0 saturated heterocycles. The number of anilines is 1. The van der Waals surface area contributed by atoms with E-state index < -0.39 is 0 Å². The first-order valence-electron chi connectivity index (χ1n) is 8.80. The number of aryl methyl sites for hydroxylation is 1. The predicted molar refractivity (Wildman–Crippen MR) is 107 cm³/mol. The Balaban J connectivity index is 1.67. The highest BCUT2D eigenvalue weighted by Gasteiger charge is 2.13. The standard InChI is InChI=1S/C22H23N3O2/c1-17-8-9-20(21(14-17)27-16-19-6-4-3-5-7-19)24-22(26)25(2)15-18-10-12-23-13-11-18/h3-14H,15-16H2,1-2H3,(H,24,26). The highest BCUT2D eigenvalue weighted by atomic mass is 16.5. The number of carbonyl (C=O) groups is 1. The minimum Gasteiger partial charge on any atom is -0.487 e. The number of benzene rings is 2. The third-order valence-corrected chi connectivity index (χ3v) is 4.13. The van der Waals surface area contributed by atoms with E-state index in [1.54, 1.807) is 24.3 Å². The van der Waals surface area contributed by atoms with Crippen molar-refractivity contribution in [2.45, 2.75) is 20.1 Å². The molecular formula is C22H23N3O2. The van der Waals surface area contributed by atoms with Gasteiger partial charge in [-0.1, -0.05) is 36.4 Å². The maximum absolute atomic E-state index is 12.6. The Labute approximate surface area is 159 Å². The molecule has 1 N–H and O–H groups in total. The number of rotatable bonds is 6. The van der Waals surface area contributed by atoms with Crippen LogP contribution < -0.4 is 10.1 Å². The van der Waals surface area contributed by atoms with Crippen LogP contribution in [0.25, 0.3) is 0 Å². The molecule has 0 saturated carbocycles. The first-order chi connectivity index (χ1) is 13.1. The molecule has 1 aromatic heterocycles. The van der Waals surface area contributed by atoms with Gasteiger partial charge in [-0.15, -0.1) is 0 Å². The molecule has 0 aliphatic carbocycles. The molecule has 0 atom stereocenters. The van der Waals surface area contributed by atoms with Crippen molar-refractivity contribution >= 4 is 11.7 Å². The SMILES string of the molecule is Cc1ccc(NC(=O)N(C)Cc2ccncc2)c(OCc2ccccc2)c1. The van der Waals surface area contributed by atoms with Crippen LogP contribution in [0.5, 0.6) is 5.75 Å². The number of urea groups is 1. The number of hydrogen-bond donors (Lipinski definition) is 1. The van der Waals surface area contributed by atoms with Gasteiger partial charge in [-0.3, -0.25) is 4.98 Å². The Morgan fingerprint density at radius 3 is 2.52 bits per heavy atom. The lowest BCUT2D eigenvalue weighted by atomic mass is 10.2. The van der Waals surface area contributed by atoms with Gasteiger partial charge in [-0.25, -0.2) is 4.79 Å². The Kier molecular flexibility index (Phi) is 6.05. The van der Waals surface area contributed by atoms with Crippen LogP contribution in [0.4, 0.5) is 10.5 Å². The van der Waals surface area contributed by atoms with Crippen molar-refractivity contribution in [2.75, 3.05) is 12.4 Å². The second-order valence-corrected chi connectivity index (χ2v) is 6.42. The molecular weight excluding hydrogens is 338 g/mol. The van der Waals surface area contributed by atoms with E-state index in [2.05, 4.69) is 10.3 Å². The summed E-state index contributed by atoms with van der Waals surface area (Å²) in [6, 6.07) is 19.3. The minimum absolute atomic E-state index is 0.194. The van der Waals surface area contributed by atoms with E-state index in [-0.39, 0.29) is 6.03 Å². The summed E-state index contributed by atoms with van der Waals surface area (Å²) in [5.74, 6) is 0.657. The Morgan fingerprint density at radius 2 is 1.78 bits per heavy atom. The molecule has 2 amide bonds. The average Bonchev–Trinajstić information content (AvgIpc) is 2.69. The van der Waals surface area contributed by atoms with Crippen molar-refractivity contribution in [3.63, 3.8) is 0 Å². The van der Waals surface area contributed by atoms with Crippen molar-refractivity contribution in [2.24, 2.45) is 0 Å². The predicted octanol–water partition coefficient (Wildman–Crippen LogP) is 4.63. The molecule has 2 aromatic carbocycles. The van der Waals surface area contributed by atoms with Crippen LogP contribution in [0.1, 0.15) is 16.7 Å². The minimum atomic E-state index is -0.194. The van der Waals surface area contributed by atoms with Gasteiger partial charge < -0.3 is 15.0 Å². The fourth-order valence-electron chi connectivity index (χ4n) is 2.63. The van der Waals surface area contributed by atoms with Crippen LogP contribution in [0.3, 0.4) is 0 Å². The molecule has 0 fully saturated rings. The summed E-state index contributed by atoms with van der Waals surface area (Å²) in [7, 11) is 1.76. The largest absolute Gasteiger partial charge is 0.487 e. The van der Waals surface area contributed by atoms with E-state index in [1.807, 2.05) is 67.6 Å². The van der Waals surface area contributed by atoms with Gasteiger partial charge in [0.2, 0.25) is 0 Å². The van der Waals surface area contributed by atoms with Crippen molar-refractivity contribution in [1.82, 2.24) is 9.88 Å². The smallest absolute Gasteiger partial charge is 0.321 e. The monoisotopic (exact) mass is 361 g/mol. The first kappa shape index (κ1) is 18.5. The lowest BCUT2D eigenvalue weighted by Crippen LogP contribution is -2.31. The maximum atomic E-state index is 12.6. The number of amides is 2. The van der Waals surface area contributed by atoms with Crippen LogP contribution in [-0.2, 0) is 13.2 Å². The Morgan fingerprint density at radius 1 is 1.04 bits per heavy atom. The van der Waals surface area contributed by atoms with Crippen LogP contribution in [-0.4, -0.2) is 23.0 Å². The van der Waals surface area contributed by atoms with Crippen molar-refractivity contribution in [1.29, 1.82) is 0 Å². The zero-order valence-corrected chi connectivity index (χ0v) is 15.6. The van der Waals surface area contributed by atoms with E-state index in [0.717, 1.165) is 16.7 Å². The van der Waals surface area contributed by atoms with E-state index in [1.165, 1.54) is 0 Å². The quantitative estimate of drug-likeness (QED) is 0.696. The molecule has 0 spiro atoms. The van der Waals surface area contributed by atoms with Gasteiger partial charge >= 0.3 is 6.03 Å². The molecule has 0 aliphatic rings. The Hall–Kier alpha value is -3.34. The summed E-state index contributed by atoms with van der Waals surface area (Å²) in [4.78, 5) is 18.2. The summed E-state index contributed by atoms with van der Waals surface area (Å²) in [5.41, 5.74) is 3.82. The number of nitrogens with zero attached hydrogens (tertiary/aromatic N) is 2. The topological polar surface area (TPSA) is 54.5 Å². The zero-order chi connectivity index (χ0) is 19.1. The van der Waals surface area contributed by atoms with Crippen molar-refractivity contribution < 1.29 is 9.53 Å². The molecule has 5 heteroatoms. The molecule has 0 unspecified atom stereocenters. The van der Waals surface area contributed by atoms with Gasteiger partial charge in [0.1, 0.15) is 12.4 Å². The molecule has 3 rings (SSSR count). The molecule has 3 aromatic rings. The molecule has 1 heterocycles. The molecule has 0 bridgehead atoms. The summed E-state index contributed by atoms with van der Waals surface area (Å²) in [5, 5.41) is 2.94. The van der Waals surface area contributed by atoms with E-state index >= 15 is 0 Å². The average molecular weight is 361 g/mol. The molecule has 138 valence electrons. The van der Waals surface area contributed by atoms with E-state index in [0.29, 0.717) is 24.6 Å². The van der Waals surface area contributed by atoms with Gasteiger partial charge in [0, 0.05) is 26.0 Å². The number of carbonyl (C=O) groups excluding carboxylic acids is 1. The molecule has 0 radical (unpaired) electrons. The number of aromatic nitrogens is 1. The fourth-order valence-corrected chi connectivity index (χ4v) is 2.63. The summed E-state index contributed by atoms with van der Waals surface area (Å²) in [6.07, 6.45) is 3.44. The second kappa shape index (κ2) is 8.85. The number of pyridine rings is 1. The van der Waals surface area contributed by atoms with Crippen LogP contribution in [0.2, 0.25) is 0 Å². The van der Waals surface area contributed by atoms with E-state index in [4.69, 9.17) is 4.74 Å². The van der Waals surface area contributed by atoms with Crippen LogP contribution in [0, 0.1) is 6.92 Å². The van der Waals surface area contributed by atoms with Gasteiger partial charge in [-0.05, 0) is 47.9 Å². The molecule has 5 nitrogen and oxygen atoms in total. The summed E-state index contributed by atoms with van der Waals surface area (Å²) >= 11 is 0. The Bertz CT molecular complexity index is 883. The van der Waals surface area contributed by atoms with Crippen LogP contribution in [0.15, 0.2) is 73.1 Å². The summed E-state index contributed by atoms with van der Waals surface area (Å²) < 4.78 is 5.96. The first-order valence-corrected chi connectivity index (χ1v) is 8.80. The van der Waals surface area contributed by atoms with Gasteiger partial charge in [0.05, 0.1) is 5.69 Å². The van der Waals surface area contributed by atoms with Gasteiger partial charge in [0.15, 0.2) is 0 Å². The van der Waals surface area contributed by atoms with Crippen LogP contribution >= 0.6 is 0 Å². The number of ether oxygens (including phenoxy) is 1. The second-order valence-electron chi connectivity index (χ2n) is 6.42. The van der Waals surface area contributed by atoms with Gasteiger partial charge in [0.25, 0.3) is 0 Å². The lowest BCUT2D eigenvalue weighted by molar-refractivity contribution is 0.220. The van der Waals surface area contributed by atoms with Crippen molar-refractivity contribution in [3.05, 3.63) is 89.7 Å². The molecule has 0 aliphatic heterocycles. The number of hydrogen-bond acceptors (Lipinski definition) is 3. The third kappa shape index (κ3) is 5.31. The number of nitrogens with one attached hydrogen (secondary N) is 1. The highest BCUT2D eigenvalue weighted by Crippen LogP contribution is 2.27. The summed E-state index contributed by atoms with van der Waals surface area (Å²) in [6.45, 7) is 2.94. The molecule has 27 heavy (non-hydrogen) atoms. The van der Waals surface area contributed by atoms with E-state index in [9.17, 15) is 4.79 Å².